The number of hydrogen-bond acceptors (Lipinski definition) is 4. The van der Waals surface area contributed by atoms with E-state index in [0.717, 1.165) is 11.4 Å². The first-order chi connectivity index (χ1) is 28.8. The van der Waals surface area contributed by atoms with Gasteiger partial charge in [0.25, 0.3) is 0 Å². The maximum absolute atomic E-state index is 4.11. The van der Waals surface area contributed by atoms with Gasteiger partial charge >= 0.3 is 0 Å². The number of rotatable bonds is 3. The summed E-state index contributed by atoms with van der Waals surface area (Å²) in [5.74, 6) is 0. The average Bonchev–Trinajstić information content (AvgIpc) is 4.04. The lowest BCUT2D eigenvalue weighted by Crippen LogP contribution is -2.37. The van der Waals surface area contributed by atoms with E-state index >= 15 is 0 Å². The minimum absolute atomic E-state index is 1.12. The number of para-hydroxylation sites is 1. The molecule has 13 aromatic rings. The smallest absolute Gasteiger partial charge is 0.197 e. The molecule has 0 amide bonds. The van der Waals surface area contributed by atoms with Gasteiger partial charge in [-0.15, -0.1) is 34.0 Å². The van der Waals surface area contributed by atoms with E-state index in [0.29, 0.717) is 0 Å². The molecule has 0 saturated heterocycles. The summed E-state index contributed by atoms with van der Waals surface area (Å²) >= 11 is 5.71. The van der Waals surface area contributed by atoms with E-state index in [2.05, 4.69) is 181 Å². The van der Waals surface area contributed by atoms with E-state index in [-0.39, 0.29) is 0 Å². The Morgan fingerprint density at radius 1 is 0.397 bits per heavy atom. The van der Waals surface area contributed by atoms with Gasteiger partial charge in [-0.2, -0.15) is 0 Å². The Bertz CT molecular complexity index is 3940. The number of thiophene rings is 3. The Kier molecular flexibility index (Phi) is 6.32. The van der Waals surface area contributed by atoms with E-state index in [1.807, 2.05) is 34.0 Å². The van der Waals surface area contributed by atoms with Crippen LogP contribution in [-0.4, -0.2) is 11.8 Å². The van der Waals surface area contributed by atoms with Gasteiger partial charge in [0.2, 0.25) is 0 Å². The van der Waals surface area contributed by atoms with Crippen LogP contribution in [0.25, 0.3) is 110 Å². The highest BCUT2D eigenvalue weighted by Gasteiger charge is 2.31. The van der Waals surface area contributed by atoms with Gasteiger partial charge in [-0.05, 0) is 52.8 Å². The average molecular weight is 788 g/mol. The summed E-state index contributed by atoms with van der Waals surface area (Å²) in [6.07, 6.45) is 0. The summed E-state index contributed by atoms with van der Waals surface area (Å²) in [6.45, 7) is 0. The van der Waals surface area contributed by atoms with Gasteiger partial charge in [0.1, 0.15) is 0 Å². The van der Waals surface area contributed by atoms with Crippen LogP contribution in [0.15, 0.2) is 164 Å². The molecule has 267 valence electrons. The summed E-state index contributed by atoms with van der Waals surface area (Å²) in [7, 11) is 2.49. The molecule has 6 heteroatoms. The van der Waals surface area contributed by atoms with Gasteiger partial charge in [0.15, 0.2) is 7.28 Å². The number of fused-ring (bicyclic) bond motifs is 16. The van der Waals surface area contributed by atoms with Crippen LogP contribution in [0, 0.1) is 0 Å². The molecule has 1 aliphatic rings. The molecule has 0 fully saturated rings. The molecule has 5 heterocycles. The fraction of sp³-hybridized carbons (Fsp3) is 0. The van der Waals surface area contributed by atoms with Gasteiger partial charge in [0, 0.05) is 94.4 Å². The van der Waals surface area contributed by atoms with Crippen molar-refractivity contribution in [2.75, 3.05) is 5.32 Å². The Labute approximate surface area is 345 Å². The van der Waals surface area contributed by atoms with Crippen molar-refractivity contribution < 1.29 is 0 Å². The molecule has 2 nitrogen and oxygen atoms in total. The van der Waals surface area contributed by atoms with Gasteiger partial charge in [-0.3, -0.25) is 0 Å². The molecule has 4 aromatic heterocycles. The van der Waals surface area contributed by atoms with Crippen molar-refractivity contribution in [3.05, 3.63) is 164 Å². The number of benzene rings is 9. The molecular formula is C52H28BN2S3. The lowest BCUT2D eigenvalue weighted by Gasteiger charge is -2.26. The summed E-state index contributed by atoms with van der Waals surface area (Å²) < 4.78 is 10.4. The lowest BCUT2D eigenvalue weighted by molar-refractivity contribution is 1.20. The largest absolute Gasteiger partial charge is 0.354 e. The summed E-state index contributed by atoms with van der Waals surface area (Å²) in [5.41, 5.74) is 11.1. The van der Waals surface area contributed by atoms with Crippen molar-refractivity contribution in [3.63, 3.8) is 0 Å². The number of nitrogens with one attached hydrogen (secondary N) is 1. The second kappa shape index (κ2) is 11.6. The molecule has 0 saturated carbocycles. The Morgan fingerprint density at radius 3 is 1.74 bits per heavy atom. The third-order valence-electron chi connectivity index (χ3n) is 12.4. The number of aromatic nitrogens is 1. The molecule has 1 radical (unpaired) electrons. The van der Waals surface area contributed by atoms with Crippen LogP contribution in [-0.2, 0) is 0 Å². The summed E-state index contributed by atoms with van der Waals surface area (Å²) in [6, 6.07) is 60.9. The number of hydrogen-bond donors (Lipinski definition) is 1. The lowest BCUT2D eigenvalue weighted by atomic mass is 9.59. The predicted molar refractivity (Wildman–Crippen MR) is 257 cm³/mol. The Hall–Kier alpha value is -6.44. The molecule has 58 heavy (non-hydrogen) atoms. The summed E-state index contributed by atoms with van der Waals surface area (Å²) in [5, 5.41) is 17.0. The molecule has 0 bridgehead atoms. The molecule has 0 aliphatic carbocycles. The first-order valence-corrected chi connectivity index (χ1v) is 22.1. The van der Waals surface area contributed by atoms with Gasteiger partial charge < -0.3 is 9.88 Å². The van der Waals surface area contributed by atoms with E-state index < -0.39 is 0 Å². The van der Waals surface area contributed by atoms with Crippen molar-refractivity contribution in [1.82, 2.24) is 4.57 Å². The van der Waals surface area contributed by atoms with Crippen LogP contribution in [0.1, 0.15) is 0 Å². The highest BCUT2D eigenvalue weighted by Crippen LogP contribution is 2.51. The molecule has 14 rings (SSSR count). The van der Waals surface area contributed by atoms with Crippen molar-refractivity contribution in [2.24, 2.45) is 0 Å². The second-order valence-corrected chi connectivity index (χ2v) is 18.6. The summed E-state index contributed by atoms with van der Waals surface area (Å²) in [4.78, 5) is 0. The number of anilines is 2. The zero-order valence-corrected chi connectivity index (χ0v) is 33.3. The van der Waals surface area contributed by atoms with E-state index in [9.17, 15) is 0 Å². The van der Waals surface area contributed by atoms with E-state index in [4.69, 9.17) is 0 Å². The minimum Gasteiger partial charge on any atom is -0.354 e. The fourth-order valence-corrected chi connectivity index (χ4v) is 13.6. The third kappa shape index (κ3) is 4.16. The molecular weight excluding hydrogens is 760 g/mol. The quantitative estimate of drug-likeness (QED) is 0.177. The van der Waals surface area contributed by atoms with Crippen LogP contribution in [0.5, 0.6) is 0 Å². The molecule has 1 N–H and O–H groups in total. The molecule has 9 aromatic carbocycles. The molecule has 0 unspecified atom stereocenters. The van der Waals surface area contributed by atoms with E-state index in [1.165, 1.54) is 121 Å². The maximum Gasteiger partial charge on any atom is 0.197 e. The second-order valence-electron chi connectivity index (χ2n) is 15.4. The third-order valence-corrected chi connectivity index (χ3v) is 16.0. The topological polar surface area (TPSA) is 17.0 Å². The molecule has 1 aliphatic heterocycles. The first-order valence-electron chi connectivity index (χ1n) is 19.7. The first kappa shape index (κ1) is 31.6. The van der Waals surface area contributed by atoms with Crippen molar-refractivity contribution >= 4 is 157 Å². The van der Waals surface area contributed by atoms with Crippen LogP contribution in [0.3, 0.4) is 0 Å². The van der Waals surface area contributed by atoms with Crippen LogP contribution < -0.4 is 16.2 Å². The Morgan fingerprint density at radius 2 is 0.966 bits per heavy atom. The van der Waals surface area contributed by atoms with Crippen LogP contribution in [0.2, 0.25) is 0 Å². The van der Waals surface area contributed by atoms with Gasteiger partial charge in [-0.1, -0.05) is 133 Å². The zero-order valence-electron chi connectivity index (χ0n) is 30.8. The van der Waals surface area contributed by atoms with Gasteiger partial charge in [-0.25, -0.2) is 0 Å². The predicted octanol–water partition coefficient (Wildman–Crippen LogP) is 14.4. The van der Waals surface area contributed by atoms with Crippen molar-refractivity contribution in [1.29, 1.82) is 0 Å². The van der Waals surface area contributed by atoms with Crippen LogP contribution >= 0.6 is 34.0 Å². The SMILES string of the molecule is [B]1c2c(cc3c(sc4ccccc43)c2-c2c(Nc3cccc4c3sc3ccccc34)ccc3c2sc2ccccc23)-n2c3c1cccc3c1ccc3ccccc3c12. The van der Waals surface area contributed by atoms with Crippen molar-refractivity contribution in [2.45, 2.75) is 0 Å². The minimum atomic E-state index is 1.12. The monoisotopic (exact) mass is 787 g/mol. The van der Waals surface area contributed by atoms with Gasteiger partial charge in [0.05, 0.1) is 15.9 Å². The van der Waals surface area contributed by atoms with E-state index in [1.54, 1.807) is 0 Å². The number of nitrogens with zero attached hydrogens (tertiary/aromatic N) is 1. The maximum atomic E-state index is 4.11. The zero-order chi connectivity index (χ0) is 37.6. The highest BCUT2D eigenvalue weighted by molar-refractivity contribution is 7.28. The molecule has 0 spiro atoms. The standard InChI is InChI=1S/C52H28BN2S3/c1-2-12-29-28(11-1)23-24-34-33-16-9-18-38-49(33)55(48(29)34)41-27-37-32-15-5-8-22-44(32)58-52(37)46(47(41)53-38)45-39(26-25-36-31-14-4-7-21-43(31)57-51(36)45)54-40-19-10-17-35-30-13-3-6-20-42(30)56-50(35)40/h1-27,54H. The normalized spacial score (nSPS) is 12.6. The fourth-order valence-electron chi connectivity index (χ4n) is 9.94. The Balaban J connectivity index is 1.16. The highest BCUT2D eigenvalue weighted by atomic mass is 32.1. The molecule has 0 atom stereocenters. The van der Waals surface area contributed by atoms with Crippen molar-refractivity contribution in [3.8, 4) is 16.8 Å². The van der Waals surface area contributed by atoms with Crippen LogP contribution in [0.4, 0.5) is 11.4 Å².